The van der Waals surface area contributed by atoms with Gasteiger partial charge in [-0.1, -0.05) is 0 Å². The molecule has 7 nitrogen and oxygen atoms in total. The standard InChI is InChI=1S/C12H17N3O4/c1-14(19-2)12(16)4-3-9-13-10-5-7-11(8-6-10)15(17)18/h5-8,13H,3-4,9H2,1-2H3. The van der Waals surface area contributed by atoms with Crippen LogP contribution in [0, 0.1) is 10.1 Å². The first kappa shape index (κ1) is 14.9. The van der Waals surface area contributed by atoms with Gasteiger partial charge < -0.3 is 5.32 Å². The summed E-state index contributed by atoms with van der Waals surface area (Å²) in [5.41, 5.74) is 0.848. The van der Waals surface area contributed by atoms with E-state index in [1.807, 2.05) is 0 Å². The summed E-state index contributed by atoms with van der Waals surface area (Å²) in [4.78, 5) is 26.2. The molecule has 0 bridgehead atoms. The minimum absolute atomic E-state index is 0.0578. The molecule has 1 N–H and O–H groups in total. The van der Waals surface area contributed by atoms with Crippen LogP contribution in [0.1, 0.15) is 12.8 Å². The van der Waals surface area contributed by atoms with Gasteiger partial charge in [0.05, 0.1) is 12.0 Å². The number of nitrogens with zero attached hydrogens (tertiary/aromatic N) is 2. The Morgan fingerprint density at radius 1 is 1.42 bits per heavy atom. The number of hydrogen-bond acceptors (Lipinski definition) is 5. The van der Waals surface area contributed by atoms with E-state index in [-0.39, 0.29) is 11.6 Å². The Morgan fingerprint density at radius 2 is 2.05 bits per heavy atom. The summed E-state index contributed by atoms with van der Waals surface area (Å²) in [5.74, 6) is -0.0898. The van der Waals surface area contributed by atoms with E-state index in [2.05, 4.69) is 5.32 Å². The van der Waals surface area contributed by atoms with Crippen molar-refractivity contribution in [2.45, 2.75) is 12.8 Å². The minimum Gasteiger partial charge on any atom is -0.385 e. The van der Waals surface area contributed by atoms with E-state index in [1.165, 1.54) is 24.3 Å². The summed E-state index contributed by atoms with van der Waals surface area (Å²) in [5, 5.41) is 14.7. The van der Waals surface area contributed by atoms with Crippen molar-refractivity contribution in [1.29, 1.82) is 0 Å². The van der Waals surface area contributed by atoms with Crippen molar-refractivity contribution < 1.29 is 14.6 Å². The average Bonchev–Trinajstić information content (AvgIpc) is 2.42. The first-order valence-corrected chi connectivity index (χ1v) is 5.83. The fourth-order valence-electron chi connectivity index (χ4n) is 1.43. The fourth-order valence-corrected chi connectivity index (χ4v) is 1.43. The first-order valence-electron chi connectivity index (χ1n) is 5.83. The zero-order chi connectivity index (χ0) is 14.3. The summed E-state index contributed by atoms with van der Waals surface area (Å²) in [6.45, 7) is 0.612. The van der Waals surface area contributed by atoms with Crippen LogP contribution in [-0.4, -0.2) is 36.6 Å². The van der Waals surface area contributed by atoms with Crippen LogP contribution in [0.5, 0.6) is 0 Å². The number of benzene rings is 1. The van der Waals surface area contributed by atoms with Gasteiger partial charge in [0.25, 0.3) is 5.69 Å². The van der Waals surface area contributed by atoms with E-state index >= 15 is 0 Å². The van der Waals surface area contributed by atoms with Crippen LogP contribution in [-0.2, 0) is 9.63 Å². The van der Waals surface area contributed by atoms with Crippen molar-refractivity contribution in [2.24, 2.45) is 0 Å². The topological polar surface area (TPSA) is 84.7 Å². The quantitative estimate of drug-likeness (QED) is 0.462. The summed E-state index contributed by atoms with van der Waals surface area (Å²) >= 11 is 0. The highest BCUT2D eigenvalue weighted by Crippen LogP contribution is 2.15. The molecule has 0 aliphatic carbocycles. The SMILES string of the molecule is CON(C)C(=O)CCCNc1ccc([N+](=O)[O-])cc1. The van der Waals surface area contributed by atoms with E-state index < -0.39 is 4.92 Å². The predicted molar refractivity (Wildman–Crippen MR) is 70.6 cm³/mol. The summed E-state index contributed by atoms with van der Waals surface area (Å²) in [6.07, 6.45) is 1.04. The third-order valence-corrected chi connectivity index (χ3v) is 2.60. The number of rotatable bonds is 7. The number of hydroxylamine groups is 2. The molecule has 1 aromatic carbocycles. The van der Waals surface area contributed by atoms with Crippen molar-refractivity contribution in [3.8, 4) is 0 Å². The zero-order valence-corrected chi connectivity index (χ0v) is 11.0. The van der Waals surface area contributed by atoms with E-state index in [1.54, 1.807) is 19.2 Å². The predicted octanol–water partition coefficient (Wildman–Crippen LogP) is 1.81. The smallest absolute Gasteiger partial charge is 0.269 e. The molecule has 0 aliphatic heterocycles. The van der Waals surface area contributed by atoms with Gasteiger partial charge in [0.15, 0.2) is 0 Å². The van der Waals surface area contributed by atoms with Crippen molar-refractivity contribution in [3.05, 3.63) is 34.4 Å². The Hall–Kier alpha value is -2.15. The molecule has 7 heteroatoms. The summed E-state index contributed by atoms with van der Waals surface area (Å²) in [6, 6.07) is 6.15. The third kappa shape index (κ3) is 4.92. The van der Waals surface area contributed by atoms with E-state index in [4.69, 9.17) is 4.84 Å². The molecular formula is C12H17N3O4. The lowest BCUT2D eigenvalue weighted by Crippen LogP contribution is -2.25. The molecule has 0 saturated carbocycles. The number of nitro benzene ring substituents is 1. The van der Waals surface area contributed by atoms with Gasteiger partial charge in [-0.2, -0.15) is 0 Å². The molecular weight excluding hydrogens is 250 g/mol. The fraction of sp³-hybridized carbons (Fsp3) is 0.417. The molecule has 1 rings (SSSR count). The lowest BCUT2D eigenvalue weighted by molar-refractivity contribution is -0.384. The Balaban J connectivity index is 2.30. The van der Waals surface area contributed by atoms with Gasteiger partial charge in [-0.15, -0.1) is 0 Å². The van der Waals surface area contributed by atoms with Crippen molar-refractivity contribution in [3.63, 3.8) is 0 Å². The summed E-state index contributed by atoms with van der Waals surface area (Å²) in [7, 11) is 3.00. The van der Waals surface area contributed by atoms with Crippen molar-refractivity contribution in [2.75, 3.05) is 26.0 Å². The van der Waals surface area contributed by atoms with Crippen LogP contribution in [0.3, 0.4) is 0 Å². The Labute approximate surface area is 111 Å². The Morgan fingerprint density at radius 3 is 2.58 bits per heavy atom. The molecule has 0 aliphatic rings. The highest BCUT2D eigenvalue weighted by Gasteiger charge is 2.07. The lowest BCUT2D eigenvalue weighted by Gasteiger charge is -2.13. The Bertz CT molecular complexity index is 433. The van der Waals surface area contributed by atoms with Crippen LogP contribution in [0.15, 0.2) is 24.3 Å². The maximum Gasteiger partial charge on any atom is 0.269 e. The second-order valence-electron chi connectivity index (χ2n) is 3.91. The van der Waals surface area contributed by atoms with Crippen LogP contribution in [0.25, 0.3) is 0 Å². The monoisotopic (exact) mass is 267 g/mol. The lowest BCUT2D eigenvalue weighted by atomic mass is 10.2. The van der Waals surface area contributed by atoms with Crippen LogP contribution in [0.2, 0.25) is 0 Å². The Kier molecular flexibility index (Phi) is 5.74. The maximum atomic E-state index is 11.4. The molecule has 19 heavy (non-hydrogen) atoms. The molecule has 1 aromatic rings. The summed E-state index contributed by atoms with van der Waals surface area (Å²) < 4.78 is 0. The van der Waals surface area contributed by atoms with Crippen LogP contribution in [0.4, 0.5) is 11.4 Å². The molecule has 0 fully saturated rings. The molecule has 1 amide bonds. The largest absolute Gasteiger partial charge is 0.385 e. The second-order valence-corrected chi connectivity index (χ2v) is 3.91. The first-order chi connectivity index (χ1) is 9.04. The minimum atomic E-state index is -0.441. The highest BCUT2D eigenvalue weighted by molar-refractivity contribution is 5.74. The molecule has 0 saturated heterocycles. The van der Waals surface area contributed by atoms with Gasteiger partial charge in [-0.05, 0) is 18.6 Å². The molecule has 0 aromatic heterocycles. The molecule has 0 radical (unpaired) electrons. The number of nitro groups is 1. The normalized spacial score (nSPS) is 10.0. The number of nitrogens with one attached hydrogen (secondary N) is 1. The van der Waals surface area contributed by atoms with Crippen molar-refractivity contribution in [1.82, 2.24) is 5.06 Å². The van der Waals surface area contributed by atoms with Crippen LogP contribution < -0.4 is 5.32 Å². The van der Waals surface area contributed by atoms with Gasteiger partial charge in [0, 0.05) is 37.8 Å². The van der Waals surface area contributed by atoms with E-state index in [0.717, 1.165) is 5.69 Å². The van der Waals surface area contributed by atoms with Gasteiger partial charge >= 0.3 is 0 Å². The highest BCUT2D eigenvalue weighted by atomic mass is 16.7. The van der Waals surface area contributed by atoms with Gasteiger partial charge in [0.1, 0.15) is 0 Å². The number of amides is 1. The van der Waals surface area contributed by atoms with Crippen molar-refractivity contribution >= 4 is 17.3 Å². The second kappa shape index (κ2) is 7.32. The number of carbonyl (C=O) groups is 1. The average molecular weight is 267 g/mol. The van der Waals surface area contributed by atoms with Gasteiger partial charge in [-0.25, -0.2) is 5.06 Å². The number of carbonyl (C=O) groups excluding carboxylic acids is 1. The molecule has 0 atom stereocenters. The van der Waals surface area contributed by atoms with Gasteiger partial charge in [0.2, 0.25) is 5.91 Å². The zero-order valence-electron chi connectivity index (χ0n) is 11.0. The molecule has 0 heterocycles. The maximum absolute atomic E-state index is 11.4. The number of hydrogen-bond donors (Lipinski definition) is 1. The molecule has 104 valence electrons. The van der Waals surface area contributed by atoms with E-state index in [0.29, 0.717) is 19.4 Å². The third-order valence-electron chi connectivity index (χ3n) is 2.60. The van der Waals surface area contributed by atoms with E-state index in [9.17, 15) is 14.9 Å². The van der Waals surface area contributed by atoms with Crippen LogP contribution >= 0.6 is 0 Å². The number of anilines is 1. The molecule has 0 unspecified atom stereocenters. The number of non-ortho nitro benzene ring substituents is 1. The molecule has 0 spiro atoms. The van der Waals surface area contributed by atoms with Gasteiger partial charge in [-0.3, -0.25) is 19.7 Å².